The van der Waals surface area contributed by atoms with Crippen molar-refractivity contribution in [2.45, 2.75) is 26.2 Å². The van der Waals surface area contributed by atoms with Crippen molar-refractivity contribution in [3.8, 4) is 0 Å². The largest absolute Gasteiger partial charge is 0.334 e. The smallest absolute Gasteiger partial charge is 0.260 e. The Kier molecular flexibility index (Phi) is 3.91. The van der Waals surface area contributed by atoms with Gasteiger partial charge in [-0.1, -0.05) is 19.0 Å². The predicted octanol–water partition coefficient (Wildman–Crippen LogP) is 3.06. The molecule has 1 aromatic carbocycles. The molecule has 1 aliphatic heterocycles. The molecule has 0 unspecified atom stereocenters. The maximum atomic E-state index is 13.2. The van der Waals surface area contributed by atoms with Crippen LogP contribution in [0.5, 0.6) is 0 Å². The van der Waals surface area contributed by atoms with Gasteiger partial charge in [0.2, 0.25) is 0 Å². The van der Waals surface area contributed by atoms with Crippen LogP contribution < -0.4 is 0 Å². The van der Waals surface area contributed by atoms with Gasteiger partial charge in [0.1, 0.15) is 5.82 Å². The SMILES string of the molecule is Cc1noc(C2=CN(C(=O)c3ccc(F)cc3)CC(C)(C)c3[nH]ncc32)n1. The molecule has 27 heavy (non-hydrogen) atoms. The summed E-state index contributed by atoms with van der Waals surface area (Å²) in [6.07, 6.45) is 3.38. The van der Waals surface area contributed by atoms with Crippen LogP contribution in [-0.4, -0.2) is 37.7 Å². The van der Waals surface area contributed by atoms with Crippen LogP contribution in [0.2, 0.25) is 0 Å². The summed E-state index contributed by atoms with van der Waals surface area (Å²) in [4.78, 5) is 19.0. The first kappa shape index (κ1) is 17.1. The number of aryl methyl sites for hydroxylation is 1. The second-order valence-corrected chi connectivity index (χ2v) is 7.17. The van der Waals surface area contributed by atoms with E-state index in [0.29, 0.717) is 29.4 Å². The van der Waals surface area contributed by atoms with E-state index >= 15 is 0 Å². The van der Waals surface area contributed by atoms with Crippen LogP contribution in [0.3, 0.4) is 0 Å². The van der Waals surface area contributed by atoms with Crippen LogP contribution in [0.4, 0.5) is 4.39 Å². The Bertz CT molecular complexity index is 1030. The van der Waals surface area contributed by atoms with Gasteiger partial charge in [0.25, 0.3) is 11.8 Å². The van der Waals surface area contributed by atoms with Gasteiger partial charge < -0.3 is 9.42 Å². The quantitative estimate of drug-likeness (QED) is 0.752. The summed E-state index contributed by atoms with van der Waals surface area (Å²) in [7, 11) is 0. The summed E-state index contributed by atoms with van der Waals surface area (Å²) in [5.74, 6) is 0.178. The van der Waals surface area contributed by atoms with E-state index in [4.69, 9.17) is 4.52 Å². The van der Waals surface area contributed by atoms with E-state index in [1.54, 1.807) is 24.2 Å². The molecule has 0 fully saturated rings. The zero-order chi connectivity index (χ0) is 19.2. The highest BCUT2D eigenvalue weighted by atomic mass is 19.1. The molecule has 0 radical (unpaired) electrons. The molecule has 2 aromatic heterocycles. The van der Waals surface area contributed by atoms with E-state index in [2.05, 4.69) is 20.3 Å². The molecule has 0 atom stereocenters. The number of H-pyrrole nitrogens is 1. The predicted molar refractivity (Wildman–Crippen MR) is 95.2 cm³/mol. The van der Waals surface area contributed by atoms with E-state index in [-0.39, 0.29) is 11.7 Å². The van der Waals surface area contributed by atoms with Crippen LogP contribution in [0.25, 0.3) is 5.57 Å². The molecule has 1 amide bonds. The van der Waals surface area contributed by atoms with Gasteiger partial charge in [-0.05, 0) is 31.2 Å². The molecule has 1 N–H and O–H groups in total. The number of nitrogens with zero attached hydrogens (tertiary/aromatic N) is 4. The number of aromatic nitrogens is 4. The van der Waals surface area contributed by atoms with Crippen molar-refractivity contribution < 1.29 is 13.7 Å². The highest BCUT2D eigenvalue weighted by Crippen LogP contribution is 2.36. The van der Waals surface area contributed by atoms with Gasteiger partial charge in [-0.2, -0.15) is 10.1 Å². The van der Waals surface area contributed by atoms with Crippen molar-refractivity contribution in [2.75, 3.05) is 6.54 Å². The van der Waals surface area contributed by atoms with Gasteiger partial charge >= 0.3 is 0 Å². The number of fused-ring (bicyclic) bond motifs is 1. The molecule has 7 nitrogen and oxygen atoms in total. The van der Waals surface area contributed by atoms with Crippen molar-refractivity contribution in [1.82, 2.24) is 25.2 Å². The maximum Gasteiger partial charge on any atom is 0.260 e. The number of rotatable bonds is 2. The lowest BCUT2D eigenvalue weighted by molar-refractivity contribution is 0.0800. The van der Waals surface area contributed by atoms with Crippen LogP contribution in [0, 0.1) is 12.7 Å². The molecule has 3 heterocycles. The second kappa shape index (κ2) is 6.15. The van der Waals surface area contributed by atoms with Gasteiger partial charge in [-0.15, -0.1) is 0 Å². The molecule has 3 aromatic rings. The first-order chi connectivity index (χ1) is 12.8. The number of halogens is 1. The molecule has 138 valence electrons. The molecule has 8 heteroatoms. The summed E-state index contributed by atoms with van der Waals surface area (Å²) in [5.41, 5.74) is 2.28. The van der Waals surface area contributed by atoms with Gasteiger partial charge in [0.05, 0.1) is 17.5 Å². The number of nitrogens with one attached hydrogen (secondary N) is 1. The van der Waals surface area contributed by atoms with E-state index in [1.165, 1.54) is 24.3 Å². The minimum absolute atomic E-state index is 0.241. The summed E-state index contributed by atoms with van der Waals surface area (Å²) in [6, 6.07) is 5.49. The fraction of sp³-hybridized carbons (Fsp3) is 0.263. The minimum Gasteiger partial charge on any atom is -0.334 e. The van der Waals surface area contributed by atoms with E-state index in [1.807, 2.05) is 13.8 Å². The second-order valence-electron chi connectivity index (χ2n) is 7.17. The van der Waals surface area contributed by atoms with Crippen molar-refractivity contribution in [3.63, 3.8) is 0 Å². The number of carbonyl (C=O) groups excluding carboxylic acids is 1. The molecule has 1 aliphatic rings. The zero-order valence-electron chi connectivity index (χ0n) is 15.2. The Morgan fingerprint density at radius 2 is 2.04 bits per heavy atom. The number of carbonyl (C=O) groups is 1. The fourth-order valence-corrected chi connectivity index (χ4v) is 3.25. The molecule has 0 bridgehead atoms. The summed E-state index contributed by atoms with van der Waals surface area (Å²) < 4.78 is 18.6. The van der Waals surface area contributed by atoms with Crippen molar-refractivity contribution >= 4 is 11.5 Å². The van der Waals surface area contributed by atoms with Crippen molar-refractivity contribution in [3.05, 3.63) is 71.0 Å². The number of benzene rings is 1. The van der Waals surface area contributed by atoms with E-state index in [9.17, 15) is 9.18 Å². The molecule has 0 saturated carbocycles. The Balaban J connectivity index is 1.83. The third kappa shape index (κ3) is 3.03. The topological polar surface area (TPSA) is 87.9 Å². The lowest BCUT2D eigenvalue weighted by Crippen LogP contribution is -2.37. The summed E-state index contributed by atoms with van der Waals surface area (Å²) >= 11 is 0. The first-order valence-corrected chi connectivity index (χ1v) is 8.48. The lowest BCUT2D eigenvalue weighted by Gasteiger charge is -2.28. The van der Waals surface area contributed by atoms with Gasteiger partial charge in [0, 0.05) is 29.3 Å². The average Bonchev–Trinajstić information content (AvgIpc) is 3.26. The third-order valence-corrected chi connectivity index (χ3v) is 4.57. The number of hydrogen-bond donors (Lipinski definition) is 1. The monoisotopic (exact) mass is 367 g/mol. The van der Waals surface area contributed by atoms with Crippen LogP contribution in [0.15, 0.2) is 41.2 Å². The molecular weight excluding hydrogens is 349 g/mol. The molecule has 4 rings (SSSR count). The number of aromatic amines is 1. The van der Waals surface area contributed by atoms with Crippen LogP contribution in [0.1, 0.15) is 47.2 Å². The average molecular weight is 367 g/mol. The third-order valence-electron chi connectivity index (χ3n) is 4.57. The van der Waals surface area contributed by atoms with Gasteiger partial charge in [0.15, 0.2) is 5.82 Å². The van der Waals surface area contributed by atoms with Crippen molar-refractivity contribution in [1.29, 1.82) is 0 Å². The summed E-state index contributed by atoms with van der Waals surface area (Å²) in [5, 5.41) is 11.0. The molecule has 0 aliphatic carbocycles. The van der Waals surface area contributed by atoms with Gasteiger partial charge in [-0.3, -0.25) is 9.89 Å². The minimum atomic E-state index is -0.408. The Morgan fingerprint density at radius 1 is 1.30 bits per heavy atom. The Labute approximate surface area is 154 Å². The van der Waals surface area contributed by atoms with E-state index < -0.39 is 5.41 Å². The molecular formula is C19H18FN5O2. The van der Waals surface area contributed by atoms with Crippen LogP contribution >= 0.6 is 0 Å². The standard InChI is InChI=1S/C19H18FN5O2/c1-11-22-17(27-24-11)15-9-25(18(26)12-4-6-13(20)7-5-12)10-19(2,3)16-14(15)8-21-23-16/h4-9H,10H2,1-3H3,(H,21,23). The van der Waals surface area contributed by atoms with Crippen molar-refractivity contribution in [2.24, 2.45) is 0 Å². The normalized spacial score (nSPS) is 15.9. The number of amides is 1. The molecule has 0 spiro atoms. The Hall–Kier alpha value is -3.29. The highest BCUT2D eigenvalue weighted by molar-refractivity contribution is 5.96. The van der Waals surface area contributed by atoms with Gasteiger partial charge in [-0.25, -0.2) is 4.39 Å². The van der Waals surface area contributed by atoms with Crippen LogP contribution in [-0.2, 0) is 5.41 Å². The highest BCUT2D eigenvalue weighted by Gasteiger charge is 2.35. The fourth-order valence-electron chi connectivity index (χ4n) is 3.25. The maximum absolute atomic E-state index is 13.2. The molecule has 0 saturated heterocycles. The van der Waals surface area contributed by atoms with E-state index in [0.717, 1.165) is 11.3 Å². The summed E-state index contributed by atoms with van der Waals surface area (Å²) in [6.45, 7) is 6.16. The first-order valence-electron chi connectivity index (χ1n) is 8.48. The zero-order valence-corrected chi connectivity index (χ0v) is 15.2. The Morgan fingerprint density at radius 3 is 2.70 bits per heavy atom. The lowest BCUT2D eigenvalue weighted by atomic mass is 9.86. The number of hydrogen-bond acceptors (Lipinski definition) is 5.